The lowest BCUT2D eigenvalue weighted by Gasteiger charge is -2.21. The fraction of sp³-hybridized carbons (Fsp3) is 0.294. The molecule has 0 saturated carbocycles. The largest absolute Gasteiger partial charge is 0.368 e. The first-order valence-electron chi connectivity index (χ1n) is 15.7. The third kappa shape index (κ3) is 9.92. The highest BCUT2D eigenvalue weighted by molar-refractivity contribution is 8.76. The molecule has 0 fully saturated rings. The first kappa shape index (κ1) is 37.6. The molecular formula is C34H38N8O6S2. The monoisotopic (exact) mass is 718 g/mol. The summed E-state index contributed by atoms with van der Waals surface area (Å²) in [7, 11) is 2.92. The molecule has 0 spiro atoms. The highest BCUT2D eigenvalue weighted by atomic mass is 33.1. The quantitative estimate of drug-likeness (QED) is 0.0575. The third-order valence-electron chi connectivity index (χ3n) is 7.63. The number of carbonyl (C=O) groups is 6. The summed E-state index contributed by atoms with van der Waals surface area (Å²) in [5.74, 6) is -2.29. The van der Waals surface area contributed by atoms with Gasteiger partial charge in [0, 0.05) is 65.5 Å². The second-order valence-electron chi connectivity index (χ2n) is 11.3. The third-order valence-corrected chi connectivity index (χ3v) is 10.1. The molecule has 262 valence electrons. The molecule has 2 atom stereocenters. The van der Waals surface area contributed by atoms with Crippen LogP contribution in [0.2, 0.25) is 0 Å². The van der Waals surface area contributed by atoms with E-state index in [2.05, 4.69) is 25.9 Å². The van der Waals surface area contributed by atoms with Crippen molar-refractivity contribution in [1.29, 1.82) is 0 Å². The zero-order valence-electron chi connectivity index (χ0n) is 27.5. The predicted molar refractivity (Wildman–Crippen MR) is 193 cm³/mol. The Balaban J connectivity index is 1.46. The number of amides is 6. The first-order chi connectivity index (χ1) is 24.0. The van der Waals surface area contributed by atoms with Gasteiger partial charge in [0.25, 0.3) is 5.91 Å². The zero-order chi connectivity index (χ0) is 36.2. The van der Waals surface area contributed by atoms with Gasteiger partial charge in [0.15, 0.2) is 0 Å². The number of primary amides is 2. The number of fused-ring (bicyclic) bond motifs is 2. The van der Waals surface area contributed by atoms with E-state index in [-0.39, 0.29) is 30.7 Å². The molecule has 4 aromatic rings. The molecule has 0 bridgehead atoms. The molecule has 2 heterocycles. The van der Waals surface area contributed by atoms with Crippen molar-refractivity contribution in [1.82, 2.24) is 25.9 Å². The van der Waals surface area contributed by atoms with Crippen molar-refractivity contribution >= 4 is 85.0 Å². The van der Waals surface area contributed by atoms with Gasteiger partial charge in [0.05, 0.1) is 16.7 Å². The lowest BCUT2D eigenvalue weighted by molar-refractivity contribution is -0.126. The van der Waals surface area contributed by atoms with Crippen LogP contribution in [0.3, 0.4) is 0 Å². The minimum absolute atomic E-state index is 0.277. The van der Waals surface area contributed by atoms with E-state index in [0.717, 1.165) is 21.6 Å². The molecule has 2 aromatic heterocycles. The van der Waals surface area contributed by atoms with Gasteiger partial charge in [-0.1, -0.05) is 27.7 Å². The first-order valence-corrected chi connectivity index (χ1v) is 17.9. The second-order valence-corrected chi connectivity index (χ2v) is 13.5. The smallest absolute Gasteiger partial charge is 0.251 e. The van der Waals surface area contributed by atoms with E-state index in [1.807, 2.05) is 30.3 Å². The summed E-state index contributed by atoms with van der Waals surface area (Å²) in [6.07, 6.45) is 5.48. The Morgan fingerprint density at radius 2 is 1.32 bits per heavy atom. The van der Waals surface area contributed by atoms with Crippen molar-refractivity contribution in [3.63, 3.8) is 0 Å². The van der Waals surface area contributed by atoms with Gasteiger partial charge in [0.1, 0.15) is 12.1 Å². The summed E-state index contributed by atoms with van der Waals surface area (Å²) in [4.78, 5) is 83.8. The second kappa shape index (κ2) is 18.0. The maximum absolute atomic E-state index is 13.1. The minimum Gasteiger partial charge on any atom is -0.368 e. The van der Waals surface area contributed by atoms with Crippen molar-refractivity contribution in [2.24, 2.45) is 11.5 Å². The average Bonchev–Trinajstić information content (AvgIpc) is 3.09. The normalized spacial score (nSPS) is 12.1. The van der Waals surface area contributed by atoms with Crippen molar-refractivity contribution < 1.29 is 28.8 Å². The highest BCUT2D eigenvalue weighted by Gasteiger charge is 2.20. The Morgan fingerprint density at radius 3 is 1.88 bits per heavy atom. The number of benzene rings is 2. The maximum Gasteiger partial charge on any atom is 0.251 e. The van der Waals surface area contributed by atoms with E-state index >= 15 is 0 Å². The molecule has 0 aliphatic carbocycles. The minimum atomic E-state index is -0.825. The van der Waals surface area contributed by atoms with E-state index in [9.17, 15) is 28.8 Å². The van der Waals surface area contributed by atoms with Crippen molar-refractivity contribution in [2.45, 2.75) is 61.4 Å². The Bertz CT molecular complexity index is 1910. The molecule has 4 rings (SSSR count). The predicted octanol–water partition coefficient (Wildman–Crippen LogP) is 2.82. The van der Waals surface area contributed by atoms with Crippen molar-refractivity contribution in [3.8, 4) is 0 Å². The van der Waals surface area contributed by atoms with E-state index < -0.39 is 23.9 Å². The van der Waals surface area contributed by atoms with Crippen LogP contribution in [0.5, 0.6) is 0 Å². The van der Waals surface area contributed by atoms with Crippen LogP contribution >= 0.6 is 21.6 Å². The number of nitrogens with two attached hydrogens (primary N) is 2. The number of aromatic nitrogens is 2. The highest BCUT2D eigenvalue weighted by Crippen LogP contribution is 2.44. The van der Waals surface area contributed by atoms with E-state index in [4.69, 9.17) is 11.5 Å². The van der Waals surface area contributed by atoms with E-state index in [1.54, 1.807) is 30.6 Å². The van der Waals surface area contributed by atoms with Crippen LogP contribution in [-0.2, 0) is 24.0 Å². The topological polar surface area (TPSA) is 220 Å². The van der Waals surface area contributed by atoms with Gasteiger partial charge in [-0.15, -0.1) is 0 Å². The lowest BCUT2D eigenvalue weighted by Crippen LogP contribution is -2.43. The fourth-order valence-corrected chi connectivity index (χ4v) is 7.57. The Kier molecular flexibility index (Phi) is 13.5. The van der Waals surface area contributed by atoms with Gasteiger partial charge in [-0.3, -0.25) is 38.7 Å². The number of nitrogens with zero attached hydrogens (tertiary/aromatic N) is 3. The number of rotatable bonds is 18. The Hall–Kier alpha value is -5.22. The van der Waals surface area contributed by atoms with Gasteiger partial charge in [-0.05, 0) is 68.1 Å². The standard InChI is InChI=1S/C34H38N8O6S2/c1-20(44)40-25(32(35)46)9-5-17-39-34(48)23-11-13-28(30-22(23)7-3-15-37-30)49-50-29-14-12-27(24-8-4-16-38-31(24)29)42(19-43)18-6-10-26(33(36)47)41-21(2)45/h3-4,7-8,11-16,19,25-26H,5-6,9-10,17-18H2,1-2H3,(H2,35,46)(H2,36,47)(H,39,48)(H,40,44)(H,41,45)/t25-,26-/m0/s1. The number of carbonyl (C=O) groups excluding carboxylic acids is 6. The Morgan fingerprint density at radius 1 is 0.780 bits per heavy atom. The van der Waals surface area contributed by atoms with Crippen LogP contribution in [-0.4, -0.2) is 71.1 Å². The summed E-state index contributed by atoms with van der Waals surface area (Å²) in [6, 6.07) is 12.9. The summed E-state index contributed by atoms with van der Waals surface area (Å²) < 4.78 is 0. The maximum atomic E-state index is 13.1. The summed E-state index contributed by atoms with van der Waals surface area (Å²) in [6.45, 7) is 3.19. The van der Waals surface area contributed by atoms with Crippen LogP contribution in [0.15, 0.2) is 70.7 Å². The molecule has 0 radical (unpaired) electrons. The average molecular weight is 719 g/mol. The summed E-state index contributed by atoms with van der Waals surface area (Å²) in [5.41, 5.74) is 13.2. The zero-order valence-corrected chi connectivity index (χ0v) is 29.1. The molecule has 14 nitrogen and oxygen atoms in total. The molecular weight excluding hydrogens is 681 g/mol. The number of nitrogens with one attached hydrogen (secondary N) is 3. The molecule has 6 amide bonds. The molecule has 50 heavy (non-hydrogen) atoms. The number of hydrogen-bond donors (Lipinski definition) is 5. The van der Waals surface area contributed by atoms with Gasteiger partial charge in [-0.25, -0.2) is 0 Å². The lowest BCUT2D eigenvalue weighted by atomic mass is 10.1. The van der Waals surface area contributed by atoms with Gasteiger partial charge < -0.3 is 32.3 Å². The van der Waals surface area contributed by atoms with Crippen LogP contribution in [0.25, 0.3) is 21.8 Å². The number of hydrogen-bond acceptors (Lipinski definition) is 10. The van der Waals surface area contributed by atoms with Crippen molar-refractivity contribution in [2.75, 3.05) is 18.0 Å². The molecule has 0 aliphatic heterocycles. The number of pyridine rings is 2. The number of anilines is 1. The summed E-state index contributed by atoms with van der Waals surface area (Å²) in [5, 5.41) is 9.34. The fourth-order valence-electron chi connectivity index (χ4n) is 5.31. The molecule has 16 heteroatoms. The van der Waals surface area contributed by atoms with Gasteiger partial charge in [0.2, 0.25) is 30.0 Å². The molecule has 2 aromatic carbocycles. The molecule has 0 saturated heterocycles. The van der Waals surface area contributed by atoms with Crippen LogP contribution in [0.4, 0.5) is 5.69 Å². The van der Waals surface area contributed by atoms with Gasteiger partial charge >= 0.3 is 0 Å². The van der Waals surface area contributed by atoms with Gasteiger partial charge in [-0.2, -0.15) is 0 Å². The van der Waals surface area contributed by atoms with Crippen LogP contribution < -0.4 is 32.3 Å². The van der Waals surface area contributed by atoms with E-state index in [1.165, 1.54) is 40.3 Å². The van der Waals surface area contributed by atoms with Crippen LogP contribution in [0.1, 0.15) is 49.9 Å². The molecule has 0 aliphatic rings. The molecule has 7 N–H and O–H groups in total. The van der Waals surface area contributed by atoms with Crippen molar-refractivity contribution in [3.05, 3.63) is 66.5 Å². The van der Waals surface area contributed by atoms with Crippen LogP contribution in [0, 0.1) is 0 Å². The van der Waals surface area contributed by atoms with E-state index in [0.29, 0.717) is 53.5 Å². The molecule has 0 unspecified atom stereocenters. The summed E-state index contributed by atoms with van der Waals surface area (Å²) >= 11 is 0. The Labute approximate surface area is 296 Å². The SMILES string of the molecule is CC(=O)N[C@@H](CCCNC(=O)c1ccc(SSc2ccc(N(C=O)CCC[C@H](NC(C)=O)C(N)=O)c3cccnc23)c2ncccc12)C(N)=O.